The number of amidine groups is 1. The van der Waals surface area contributed by atoms with Crippen LogP contribution in [0, 0.1) is 0 Å². The van der Waals surface area contributed by atoms with Gasteiger partial charge >= 0.3 is 0 Å². The summed E-state index contributed by atoms with van der Waals surface area (Å²) in [6.45, 7) is 1.17. The second kappa shape index (κ2) is 7.17. The van der Waals surface area contributed by atoms with E-state index in [4.69, 9.17) is 10.2 Å². The first-order valence-electron chi connectivity index (χ1n) is 4.78. The van der Waals surface area contributed by atoms with Gasteiger partial charge in [-0.2, -0.15) is 0 Å². The molecule has 5 nitrogen and oxygen atoms in total. The summed E-state index contributed by atoms with van der Waals surface area (Å²) in [4.78, 5) is 8.46. The molecule has 16 heavy (non-hydrogen) atoms. The van der Waals surface area contributed by atoms with Crippen LogP contribution in [-0.2, 0) is 0 Å². The molecule has 0 amide bonds. The van der Waals surface area contributed by atoms with Gasteiger partial charge in [-0.3, -0.25) is 0 Å². The second-order valence-corrected chi connectivity index (χ2v) is 10.6. The summed E-state index contributed by atoms with van der Waals surface area (Å²) in [5, 5.41) is 19.9. The topological polar surface area (TPSA) is 59.3 Å². The van der Waals surface area contributed by atoms with E-state index in [1.165, 1.54) is 0 Å². The van der Waals surface area contributed by atoms with Crippen LogP contribution in [0.4, 0.5) is 0 Å². The van der Waals surface area contributed by atoms with E-state index in [1.54, 1.807) is 10.8 Å². The number of nitrogens with zero attached hydrogens (tertiary/aromatic N) is 3. The highest BCUT2D eigenvalue weighted by atomic mass is 127. The molecule has 1 unspecified atom stereocenters. The lowest BCUT2D eigenvalue weighted by Gasteiger charge is -2.19. The van der Waals surface area contributed by atoms with E-state index in [9.17, 15) is 0 Å². The molecule has 0 fully saturated rings. The van der Waals surface area contributed by atoms with Crippen LogP contribution in [0.2, 0.25) is 0 Å². The molecule has 0 saturated heterocycles. The Bertz CT molecular complexity index is 304. The molecule has 1 heterocycles. The van der Waals surface area contributed by atoms with Crippen molar-refractivity contribution in [3.63, 3.8) is 0 Å². The maximum Gasteiger partial charge on any atom is 0.176 e. The van der Waals surface area contributed by atoms with E-state index in [0.717, 1.165) is 10.3 Å². The zero-order valence-electron chi connectivity index (χ0n) is 9.26. The van der Waals surface area contributed by atoms with Crippen molar-refractivity contribution in [3.05, 3.63) is 0 Å². The van der Waals surface area contributed by atoms with Crippen molar-refractivity contribution in [2.45, 2.75) is 0 Å². The molecule has 1 rings (SSSR count). The smallest absolute Gasteiger partial charge is 0.176 e. The van der Waals surface area contributed by atoms with Gasteiger partial charge in [0.1, 0.15) is 0 Å². The molecule has 0 aliphatic carbocycles. The lowest BCUT2D eigenvalue weighted by molar-refractivity contribution is 0.213. The van der Waals surface area contributed by atoms with Crippen LogP contribution in [0.3, 0.4) is 0 Å². The molecule has 0 spiro atoms. The molecule has 0 aromatic rings. The van der Waals surface area contributed by atoms with Crippen molar-refractivity contribution in [2.24, 2.45) is 4.99 Å². The monoisotopic (exact) mass is 377 g/mol. The zero-order chi connectivity index (χ0) is 12.1. The standard InChI is InChI=1S/C8H16IN3O2S2/c1-11(2)7-10-8(16(9)15-7)12(3-5-13)4-6-14/h13-14H,3-6H2,1-2H3. The van der Waals surface area contributed by atoms with Gasteiger partial charge in [0.2, 0.25) is 0 Å². The number of rotatable bonds is 4. The molecule has 0 aromatic carbocycles. The zero-order valence-corrected chi connectivity index (χ0v) is 13.0. The lowest BCUT2D eigenvalue weighted by Crippen LogP contribution is -2.34. The Morgan fingerprint density at radius 1 is 1.31 bits per heavy atom. The highest BCUT2D eigenvalue weighted by Gasteiger charge is 2.22. The van der Waals surface area contributed by atoms with Crippen LogP contribution >= 0.6 is 38.7 Å². The van der Waals surface area contributed by atoms with Gasteiger partial charge < -0.3 is 15.1 Å². The molecule has 94 valence electrons. The van der Waals surface area contributed by atoms with E-state index in [-0.39, 0.29) is 19.9 Å². The van der Waals surface area contributed by atoms with Gasteiger partial charge in [-0.1, -0.05) is 0 Å². The number of hydrogen-bond acceptors (Lipinski definition) is 6. The molecular formula is C8H16IN3O2S2. The van der Waals surface area contributed by atoms with Crippen LogP contribution in [-0.4, -0.2) is 70.7 Å². The summed E-state index contributed by atoms with van der Waals surface area (Å²) in [5.74, 6) is 0. The van der Waals surface area contributed by atoms with Crippen molar-refractivity contribution in [1.29, 1.82) is 0 Å². The average molecular weight is 377 g/mol. The normalized spacial score (nSPS) is 20.5. The number of aliphatic hydroxyl groups is 2. The predicted molar refractivity (Wildman–Crippen MR) is 81.1 cm³/mol. The van der Waals surface area contributed by atoms with E-state index in [0.29, 0.717) is 13.1 Å². The van der Waals surface area contributed by atoms with Crippen LogP contribution in [0.1, 0.15) is 0 Å². The van der Waals surface area contributed by atoms with Crippen LogP contribution in [0.25, 0.3) is 0 Å². The number of aliphatic imine (C=N–C) groups is 1. The molecule has 1 atom stereocenters. The Kier molecular flexibility index (Phi) is 6.59. The van der Waals surface area contributed by atoms with Crippen molar-refractivity contribution in [1.82, 2.24) is 9.80 Å². The van der Waals surface area contributed by atoms with Crippen LogP contribution < -0.4 is 0 Å². The maximum absolute atomic E-state index is 8.98. The molecule has 0 radical (unpaired) electrons. The number of hydrogen-bond donors (Lipinski definition) is 2. The Morgan fingerprint density at radius 3 is 2.25 bits per heavy atom. The minimum absolute atomic E-state index is 0.0327. The minimum Gasteiger partial charge on any atom is -0.395 e. The first-order chi connectivity index (χ1) is 7.60. The van der Waals surface area contributed by atoms with Crippen LogP contribution in [0.15, 0.2) is 4.99 Å². The average Bonchev–Trinajstić information content (AvgIpc) is 2.60. The highest BCUT2D eigenvalue weighted by Crippen LogP contribution is 2.46. The molecule has 0 saturated carbocycles. The fraction of sp³-hybridized carbons (Fsp3) is 0.750. The van der Waals surface area contributed by atoms with Crippen molar-refractivity contribution in [3.8, 4) is 0 Å². The first-order valence-corrected chi connectivity index (χ1v) is 9.88. The molecule has 2 N–H and O–H groups in total. The Hall–Kier alpha value is 0.650. The molecule has 1 aliphatic heterocycles. The second-order valence-electron chi connectivity index (χ2n) is 3.31. The summed E-state index contributed by atoms with van der Waals surface area (Å²) in [6.07, 6.45) is 0. The Balaban J connectivity index is 2.78. The van der Waals surface area contributed by atoms with Gasteiger partial charge in [0, 0.05) is 48.4 Å². The van der Waals surface area contributed by atoms with Gasteiger partial charge in [0.05, 0.1) is 13.2 Å². The van der Waals surface area contributed by atoms with Crippen LogP contribution in [0.5, 0.6) is 0 Å². The highest BCUT2D eigenvalue weighted by molar-refractivity contribution is 14.2. The third-order valence-corrected chi connectivity index (χ3v) is 7.40. The quantitative estimate of drug-likeness (QED) is 0.426. The molecular weight excluding hydrogens is 361 g/mol. The van der Waals surface area contributed by atoms with E-state index >= 15 is 0 Å². The van der Waals surface area contributed by atoms with Gasteiger partial charge in [-0.05, 0) is 17.5 Å². The van der Waals surface area contributed by atoms with Gasteiger partial charge in [0.25, 0.3) is 0 Å². The van der Waals surface area contributed by atoms with E-state index in [2.05, 4.69) is 26.2 Å². The molecule has 0 aromatic heterocycles. The van der Waals surface area contributed by atoms with Crippen molar-refractivity contribution < 1.29 is 10.2 Å². The fourth-order valence-corrected chi connectivity index (χ4v) is 6.39. The van der Waals surface area contributed by atoms with Crippen molar-refractivity contribution in [2.75, 3.05) is 40.4 Å². The molecule has 8 heteroatoms. The van der Waals surface area contributed by atoms with Gasteiger partial charge in [-0.15, -0.1) is 0 Å². The predicted octanol–water partition coefficient (Wildman–Crippen LogP) is 0.559. The Morgan fingerprint density at radius 2 is 1.88 bits per heavy atom. The first kappa shape index (κ1) is 14.7. The summed E-state index contributed by atoms with van der Waals surface area (Å²) in [6, 6.07) is 0. The number of halogens is 1. The van der Waals surface area contributed by atoms with Crippen molar-refractivity contribution >= 4 is 49.0 Å². The third kappa shape index (κ3) is 3.84. The summed E-state index contributed by atoms with van der Waals surface area (Å²) in [5.41, 5.74) is 0. The molecule has 0 bridgehead atoms. The SMILES string of the molecule is CN(C)C1=NC(N(CCO)CCO)=S(I)S1. The van der Waals surface area contributed by atoms with Gasteiger partial charge in [0.15, 0.2) is 10.3 Å². The largest absolute Gasteiger partial charge is 0.395 e. The van der Waals surface area contributed by atoms with Gasteiger partial charge in [-0.25, -0.2) is 9.89 Å². The summed E-state index contributed by atoms with van der Waals surface area (Å²) < 4.78 is 0. The fourth-order valence-electron chi connectivity index (χ4n) is 1.13. The summed E-state index contributed by atoms with van der Waals surface area (Å²) >= 11 is 2.34. The Labute approximate surface area is 114 Å². The summed E-state index contributed by atoms with van der Waals surface area (Å²) in [7, 11) is 5.64. The maximum atomic E-state index is 8.98. The van der Waals surface area contributed by atoms with E-state index in [1.807, 2.05) is 23.9 Å². The molecule has 1 aliphatic rings. The minimum atomic E-state index is -0.0327. The third-order valence-electron chi connectivity index (χ3n) is 1.88. The van der Waals surface area contributed by atoms with E-state index < -0.39 is 0 Å². The lowest BCUT2D eigenvalue weighted by atomic mass is 10.5. The number of aliphatic hydroxyl groups excluding tert-OH is 2.